The molecule has 1 saturated carbocycles. The maximum absolute atomic E-state index is 13.7. The van der Waals surface area contributed by atoms with Gasteiger partial charge in [0.2, 0.25) is 11.8 Å². The van der Waals surface area contributed by atoms with Gasteiger partial charge in [-0.15, -0.1) is 0 Å². The van der Waals surface area contributed by atoms with Gasteiger partial charge < -0.3 is 29.9 Å². The first-order valence-electron chi connectivity index (χ1n) is 16.7. The van der Waals surface area contributed by atoms with Crippen LogP contribution >= 0.6 is 0 Å². The lowest BCUT2D eigenvalue weighted by Gasteiger charge is -2.51. The van der Waals surface area contributed by atoms with Gasteiger partial charge in [0.25, 0.3) is 0 Å². The number of carbonyl (C=O) groups excluding carboxylic acids is 4. The van der Waals surface area contributed by atoms with Crippen molar-refractivity contribution >= 4 is 24.0 Å². The van der Waals surface area contributed by atoms with E-state index in [4.69, 9.17) is 9.47 Å². The van der Waals surface area contributed by atoms with Crippen molar-refractivity contribution in [1.82, 2.24) is 20.4 Å². The second kappa shape index (κ2) is 15.6. The summed E-state index contributed by atoms with van der Waals surface area (Å²) in [4.78, 5) is 56.0. The molecule has 44 heavy (non-hydrogen) atoms. The zero-order chi connectivity index (χ0) is 31.7. The molecule has 1 aliphatic carbocycles. The highest BCUT2D eigenvalue weighted by molar-refractivity contribution is 6.00. The predicted octanol–water partition coefficient (Wildman–Crippen LogP) is 5.25. The largest absolute Gasteiger partial charge is 0.446 e. The summed E-state index contributed by atoms with van der Waals surface area (Å²) < 4.78 is 11.3. The van der Waals surface area contributed by atoms with E-state index in [1.54, 1.807) is 9.80 Å². The van der Waals surface area contributed by atoms with Gasteiger partial charge in [-0.25, -0.2) is 9.59 Å². The lowest BCUT2D eigenvalue weighted by atomic mass is 9.75. The van der Waals surface area contributed by atoms with Crippen LogP contribution in [0.4, 0.5) is 9.59 Å². The fourth-order valence-electron chi connectivity index (χ4n) is 7.07. The van der Waals surface area contributed by atoms with E-state index in [-0.39, 0.29) is 30.6 Å². The average Bonchev–Trinajstić information content (AvgIpc) is 3.01. The van der Waals surface area contributed by atoms with Crippen molar-refractivity contribution in [3.8, 4) is 0 Å². The predicted molar refractivity (Wildman–Crippen MR) is 168 cm³/mol. The molecule has 10 heteroatoms. The first kappa shape index (κ1) is 33.6. The monoisotopic (exact) mass is 612 g/mol. The molecule has 4 atom stereocenters. The quantitative estimate of drug-likeness (QED) is 0.330. The minimum atomic E-state index is -0.940. The summed E-state index contributed by atoms with van der Waals surface area (Å²) in [6.45, 7) is 10.5. The third-order valence-corrected chi connectivity index (χ3v) is 9.72. The van der Waals surface area contributed by atoms with Crippen LogP contribution < -0.4 is 10.6 Å². The number of piperidine rings is 1. The Labute approximate surface area is 262 Å². The fourth-order valence-corrected chi connectivity index (χ4v) is 7.07. The van der Waals surface area contributed by atoms with Gasteiger partial charge in [0.1, 0.15) is 24.3 Å². The molecule has 0 aromatic heterocycles. The normalized spacial score (nSPS) is 25.1. The number of hydrogen-bond acceptors (Lipinski definition) is 6. The summed E-state index contributed by atoms with van der Waals surface area (Å²) in [5.74, 6) is 1.17. The number of amides is 4. The van der Waals surface area contributed by atoms with E-state index in [0.29, 0.717) is 76.0 Å². The molecule has 1 spiro atoms. The lowest BCUT2D eigenvalue weighted by molar-refractivity contribution is -0.161. The van der Waals surface area contributed by atoms with Crippen molar-refractivity contribution in [3.05, 3.63) is 35.9 Å². The number of unbranched alkanes of at least 4 members (excludes halogenated alkanes) is 1. The van der Waals surface area contributed by atoms with Gasteiger partial charge in [-0.1, -0.05) is 64.4 Å². The minimum absolute atomic E-state index is 0.0614. The molecule has 4 rings (SSSR count). The molecule has 0 unspecified atom stereocenters. The summed E-state index contributed by atoms with van der Waals surface area (Å²) in [7, 11) is 0. The molecule has 3 fully saturated rings. The first-order valence-corrected chi connectivity index (χ1v) is 16.7. The number of piperazine rings is 1. The van der Waals surface area contributed by atoms with Gasteiger partial charge >= 0.3 is 12.2 Å². The van der Waals surface area contributed by atoms with Crippen LogP contribution in [-0.2, 0) is 25.7 Å². The Morgan fingerprint density at radius 3 is 2.50 bits per heavy atom. The molecule has 4 amide bonds. The SMILES string of the molecule is CCCN1C(=O)[C@H](CCCCNC(=O)OCc2ccccc2)NC(=O)C12CCN(C(=O)O[C@@H]1C[C@H](C)CC[C@H]1C(C)C)CC2. The number of nitrogens with one attached hydrogen (secondary N) is 2. The van der Waals surface area contributed by atoms with Gasteiger partial charge in [-0.3, -0.25) is 9.59 Å². The standard InChI is InChI=1S/C34H52N4O6/c1-5-19-38-30(39)28(13-9-10-18-35-32(41)43-23-26-11-7-6-8-12-26)36-31(40)34(38)16-20-37(21-17-34)33(42)44-29-22-25(4)14-15-27(29)24(2)3/h6-8,11-12,24-25,27-29H,5,9-10,13-23H2,1-4H3,(H,35,41)(H,36,40)/t25-,27+,28+,29-/m1/s1. The highest BCUT2D eigenvalue weighted by Crippen LogP contribution is 2.37. The summed E-state index contributed by atoms with van der Waals surface area (Å²) in [6.07, 6.45) is 5.65. The maximum atomic E-state index is 13.7. The van der Waals surface area contributed by atoms with Gasteiger partial charge in [0.05, 0.1) is 0 Å². The van der Waals surface area contributed by atoms with E-state index in [1.165, 1.54) is 6.42 Å². The highest BCUT2D eigenvalue weighted by atomic mass is 16.6. The minimum Gasteiger partial charge on any atom is -0.446 e. The van der Waals surface area contributed by atoms with E-state index in [2.05, 4.69) is 31.4 Å². The molecule has 2 saturated heterocycles. The molecule has 0 radical (unpaired) electrons. The van der Waals surface area contributed by atoms with Gasteiger partial charge in [-0.05, 0) is 74.7 Å². The van der Waals surface area contributed by atoms with Crippen LogP contribution in [0.3, 0.4) is 0 Å². The molecule has 2 heterocycles. The third-order valence-electron chi connectivity index (χ3n) is 9.72. The number of carbonyl (C=O) groups is 4. The molecule has 1 aromatic rings. The zero-order valence-corrected chi connectivity index (χ0v) is 27.0. The maximum Gasteiger partial charge on any atom is 0.410 e. The number of alkyl carbamates (subject to hydrolysis) is 1. The Bertz CT molecular complexity index is 1120. The van der Waals surface area contributed by atoms with E-state index in [0.717, 1.165) is 24.8 Å². The van der Waals surface area contributed by atoms with Crippen LogP contribution in [0.15, 0.2) is 30.3 Å². The summed E-state index contributed by atoms with van der Waals surface area (Å²) in [5.41, 5.74) is -0.0207. The molecule has 1 aromatic carbocycles. The molecule has 244 valence electrons. The van der Waals surface area contributed by atoms with Gasteiger partial charge in [-0.2, -0.15) is 0 Å². The smallest absolute Gasteiger partial charge is 0.410 e. The van der Waals surface area contributed by atoms with Crippen LogP contribution in [-0.4, -0.2) is 77.7 Å². The van der Waals surface area contributed by atoms with E-state index >= 15 is 0 Å². The topological polar surface area (TPSA) is 117 Å². The summed E-state index contributed by atoms with van der Waals surface area (Å²) in [5, 5.41) is 5.76. The number of hydrogen-bond donors (Lipinski definition) is 2. The molecule has 2 aliphatic heterocycles. The van der Waals surface area contributed by atoms with E-state index in [9.17, 15) is 19.2 Å². The van der Waals surface area contributed by atoms with Crippen LogP contribution in [0.2, 0.25) is 0 Å². The van der Waals surface area contributed by atoms with Crippen molar-refractivity contribution in [3.63, 3.8) is 0 Å². The molecule has 2 N–H and O–H groups in total. The number of nitrogens with zero attached hydrogens (tertiary/aromatic N) is 2. The molecule has 10 nitrogen and oxygen atoms in total. The number of likely N-dealkylation sites (tertiary alicyclic amines) is 1. The second-order valence-corrected chi connectivity index (χ2v) is 13.3. The van der Waals surface area contributed by atoms with E-state index in [1.807, 2.05) is 37.3 Å². The fraction of sp³-hybridized carbons (Fsp3) is 0.706. The van der Waals surface area contributed by atoms with Crippen molar-refractivity contribution in [2.45, 2.75) is 110 Å². The molecular formula is C34H52N4O6. The first-order chi connectivity index (χ1) is 21.1. The van der Waals surface area contributed by atoms with Crippen molar-refractivity contribution in [1.29, 1.82) is 0 Å². The molecule has 3 aliphatic rings. The molecular weight excluding hydrogens is 560 g/mol. The lowest BCUT2D eigenvalue weighted by Crippen LogP contribution is -2.73. The van der Waals surface area contributed by atoms with Gasteiger partial charge in [0.15, 0.2) is 0 Å². The van der Waals surface area contributed by atoms with Crippen molar-refractivity contribution in [2.75, 3.05) is 26.2 Å². The van der Waals surface area contributed by atoms with Crippen molar-refractivity contribution in [2.24, 2.45) is 17.8 Å². The number of rotatable bonds is 11. The Morgan fingerprint density at radius 1 is 1.09 bits per heavy atom. The van der Waals surface area contributed by atoms with Crippen LogP contribution in [0, 0.1) is 17.8 Å². The van der Waals surface area contributed by atoms with Crippen LogP contribution in [0.25, 0.3) is 0 Å². The second-order valence-electron chi connectivity index (χ2n) is 13.3. The third kappa shape index (κ3) is 8.24. The Kier molecular flexibility index (Phi) is 11.9. The summed E-state index contributed by atoms with van der Waals surface area (Å²) in [6, 6.07) is 8.90. The number of benzene rings is 1. The Balaban J connectivity index is 1.24. The average molecular weight is 613 g/mol. The van der Waals surface area contributed by atoms with Crippen LogP contribution in [0.1, 0.15) is 91.0 Å². The Morgan fingerprint density at radius 2 is 1.82 bits per heavy atom. The summed E-state index contributed by atoms with van der Waals surface area (Å²) >= 11 is 0. The molecule has 0 bridgehead atoms. The highest BCUT2D eigenvalue weighted by Gasteiger charge is 2.53. The zero-order valence-electron chi connectivity index (χ0n) is 27.0. The van der Waals surface area contributed by atoms with E-state index < -0.39 is 17.7 Å². The Hall–Kier alpha value is -3.30. The van der Waals surface area contributed by atoms with Crippen LogP contribution in [0.5, 0.6) is 0 Å². The number of ether oxygens (including phenoxy) is 2. The van der Waals surface area contributed by atoms with Gasteiger partial charge in [0, 0.05) is 26.2 Å². The van der Waals surface area contributed by atoms with Crippen molar-refractivity contribution < 1.29 is 28.7 Å².